The van der Waals surface area contributed by atoms with E-state index in [0.717, 1.165) is 19.6 Å². The molecule has 1 aliphatic rings. The van der Waals surface area contributed by atoms with Crippen LogP contribution >= 0.6 is 0 Å². The molecule has 0 saturated carbocycles. The number of nitrogens with one attached hydrogen (secondary N) is 2. The maximum atomic E-state index is 13.3. The van der Waals surface area contributed by atoms with E-state index in [1.165, 1.54) is 12.5 Å². The molecule has 1 aliphatic heterocycles. The molecule has 2 rings (SSSR count). The fourth-order valence-corrected chi connectivity index (χ4v) is 2.34. The first-order valence-corrected chi connectivity index (χ1v) is 6.59. The highest BCUT2D eigenvalue weighted by molar-refractivity contribution is 5.92. The number of hydrogen-bond acceptors (Lipinski definition) is 3. The number of para-hydroxylation sites is 1. The van der Waals surface area contributed by atoms with Crippen molar-refractivity contribution < 1.29 is 9.18 Å². The van der Waals surface area contributed by atoms with Crippen LogP contribution in [0.25, 0.3) is 0 Å². The van der Waals surface area contributed by atoms with E-state index in [1.807, 2.05) is 0 Å². The lowest BCUT2D eigenvalue weighted by atomic mass is 10.1. The molecule has 104 valence electrons. The summed E-state index contributed by atoms with van der Waals surface area (Å²) in [5.41, 5.74) is 0.231. The summed E-state index contributed by atoms with van der Waals surface area (Å²) >= 11 is 0. The van der Waals surface area contributed by atoms with Crippen molar-refractivity contribution in [3.8, 4) is 0 Å². The number of anilines is 1. The SMILES string of the molecule is CN1CCC(CNCC(=O)Nc2ccccc2F)C1. The van der Waals surface area contributed by atoms with Gasteiger partial charge in [-0.05, 0) is 44.6 Å². The zero-order chi connectivity index (χ0) is 13.7. The molecule has 1 atom stereocenters. The van der Waals surface area contributed by atoms with E-state index in [0.29, 0.717) is 5.92 Å². The summed E-state index contributed by atoms with van der Waals surface area (Å²) in [5.74, 6) is -0.0176. The van der Waals surface area contributed by atoms with Crippen LogP contribution in [0.2, 0.25) is 0 Å². The Labute approximate surface area is 113 Å². The van der Waals surface area contributed by atoms with Crippen molar-refractivity contribution >= 4 is 11.6 Å². The van der Waals surface area contributed by atoms with Gasteiger partial charge >= 0.3 is 0 Å². The molecule has 1 unspecified atom stereocenters. The van der Waals surface area contributed by atoms with Crippen LogP contribution in [0.15, 0.2) is 24.3 Å². The topological polar surface area (TPSA) is 44.4 Å². The minimum absolute atomic E-state index is 0.212. The molecule has 1 fully saturated rings. The molecular weight excluding hydrogens is 245 g/mol. The summed E-state index contributed by atoms with van der Waals surface area (Å²) in [6.45, 7) is 3.24. The first-order chi connectivity index (χ1) is 9.15. The number of rotatable bonds is 5. The predicted molar refractivity (Wildman–Crippen MR) is 73.5 cm³/mol. The van der Waals surface area contributed by atoms with Crippen LogP contribution in [0.5, 0.6) is 0 Å². The Kier molecular flexibility index (Phi) is 4.87. The molecule has 19 heavy (non-hydrogen) atoms. The first kappa shape index (κ1) is 14.0. The van der Waals surface area contributed by atoms with Gasteiger partial charge in [-0.3, -0.25) is 4.79 Å². The number of likely N-dealkylation sites (tertiary alicyclic amines) is 1. The van der Waals surface area contributed by atoms with Crippen LogP contribution in [0.3, 0.4) is 0 Å². The first-order valence-electron chi connectivity index (χ1n) is 6.59. The fraction of sp³-hybridized carbons (Fsp3) is 0.500. The second-order valence-corrected chi connectivity index (χ2v) is 5.08. The highest BCUT2D eigenvalue weighted by Crippen LogP contribution is 2.13. The van der Waals surface area contributed by atoms with Gasteiger partial charge in [-0.15, -0.1) is 0 Å². The standard InChI is InChI=1S/C14H20FN3O/c1-18-7-6-11(10-18)8-16-9-14(19)17-13-5-3-2-4-12(13)15/h2-5,11,16H,6-10H2,1H3,(H,17,19). The summed E-state index contributed by atoms with van der Waals surface area (Å²) in [5, 5.41) is 5.68. The Morgan fingerprint density at radius 3 is 2.95 bits per heavy atom. The zero-order valence-corrected chi connectivity index (χ0v) is 11.2. The molecule has 2 N–H and O–H groups in total. The normalized spacial score (nSPS) is 19.6. The average Bonchev–Trinajstić information content (AvgIpc) is 2.78. The van der Waals surface area contributed by atoms with Gasteiger partial charge in [-0.25, -0.2) is 4.39 Å². The van der Waals surface area contributed by atoms with E-state index < -0.39 is 5.82 Å². The lowest BCUT2D eigenvalue weighted by Crippen LogP contribution is -2.32. The summed E-state index contributed by atoms with van der Waals surface area (Å²) < 4.78 is 13.3. The highest BCUT2D eigenvalue weighted by atomic mass is 19.1. The van der Waals surface area contributed by atoms with Crippen LogP contribution in [-0.2, 0) is 4.79 Å². The molecule has 1 amide bonds. The van der Waals surface area contributed by atoms with Crippen molar-refractivity contribution in [2.75, 3.05) is 38.5 Å². The number of benzene rings is 1. The molecule has 1 aromatic carbocycles. The van der Waals surface area contributed by atoms with Crippen molar-refractivity contribution in [3.05, 3.63) is 30.1 Å². The second kappa shape index (κ2) is 6.63. The van der Waals surface area contributed by atoms with Gasteiger partial charge in [0.05, 0.1) is 12.2 Å². The van der Waals surface area contributed by atoms with Crippen molar-refractivity contribution in [2.24, 2.45) is 5.92 Å². The molecule has 1 aromatic rings. The molecule has 0 radical (unpaired) electrons. The third-order valence-corrected chi connectivity index (χ3v) is 3.36. The number of halogens is 1. The largest absolute Gasteiger partial charge is 0.322 e. The Morgan fingerprint density at radius 2 is 2.26 bits per heavy atom. The van der Waals surface area contributed by atoms with Crippen LogP contribution in [0, 0.1) is 11.7 Å². The number of carbonyl (C=O) groups is 1. The van der Waals surface area contributed by atoms with E-state index in [9.17, 15) is 9.18 Å². The zero-order valence-electron chi connectivity index (χ0n) is 11.2. The van der Waals surface area contributed by atoms with E-state index in [2.05, 4.69) is 22.6 Å². The van der Waals surface area contributed by atoms with Crippen LogP contribution < -0.4 is 10.6 Å². The molecule has 0 aliphatic carbocycles. The number of carbonyl (C=O) groups excluding carboxylic acids is 1. The number of amides is 1. The molecule has 0 aromatic heterocycles. The minimum atomic E-state index is -0.409. The Balaban J connectivity index is 1.69. The molecule has 1 saturated heterocycles. The second-order valence-electron chi connectivity index (χ2n) is 5.08. The molecule has 1 heterocycles. The molecular formula is C14H20FN3O. The van der Waals surface area contributed by atoms with Gasteiger partial charge in [0.2, 0.25) is 5.91 Å². The Hall–Kier alpha value is -1.46. The monoisotopic (exact) mass is 265 g/mol. The molecule has 4 nitrogen and oxygen atoms in total. The highest BCUT2D eigenvalue weighted by Gasteiger charge is 2.18. The van der Waals surface area contributed by atoms with E-state index >= 15 is 0 Å². The summed E-state index contributed by atoms with van der Waals surface area (Å²) in [7, 11) is 2.10. The van der Waals surface area contributed by atoms with Gasteiger partial charge in [0, 0.05) is 6.54 Å². The quantitative estimate of drug-likeness (QED) is 0.843. The number of nitrogens with zero attached hydrogens (tertiary/aromatic N) is 1. The maximum Gasteiger partial charge on any atom is 0.238 e. The third kappa shape index (κ3) is 4.29. The van der Waals surface area contributed by atoms with E-state index in [1.54, 1.807) is 18.2 Å². The van der Waals surface area contributed by atoms with Crippen molar-refractivity contribution in [3.63, 3.8) is 0 Å². The van der Waals surface area contributed by atoms with Gasteiger partial charge in [0.15, 0.2) is 0 Å². The Morgan fingerprint density at radius 1 is 1.47 bits per heavy atom. The van der Waals surface area contributed by atoms with Crippen molar-refractivity contribution in [1.82, 2.24) is 10.2 Å². The predicted octanol–water partition coefficient (Wildman–Crippen LogP) is 1.31. The van der Waals surface area contributed by atoms with E-state index in [-0.39, 0.29) is 18.1 Å². The van der Waals surface area contributed by atoms with Crippen LogP contribution in [-0.4, -0.2) is 44.0 Å². The lowest BCUT2D eigenvalue weighted by molar-refractivity contribution is -0.115. The van der Waals surface area contributed by atoms with Gasteiger partial charge in [0.25, 0.3) is 0 Å². The van der Waals surface area contributed by atoms with Gasteiger partial charge < -0.3 is 15.5 Å². The Bertz CT molecular complexity index is 438. The van der Waals surface area contributed by atoms with E-state index in [4.69, 9.17) is 0 Å². The molecule has 0 bridgehead atoms. The maximum absolute atomic E-state index is 13.3. The smallest absolute Gasteiger partial charge is 0.238 e. The molecule has 0 spiro atoms. The summed E-state index contributed by atoms with van der Waals surface area (Å²) in [6.07, 6.45) is 1.17. The fourth-order valence-electron chi connectivity index (χ4n) is 2.34. The van der Waals surface area contributed by atoms with Gasteiger partial charge in [-0.2, -0.15) is 0 Å². The van der Waals surface area contributed by atoms with Crippen molar-refractivity contribution in [1.29, 1.82) is 0 Å². The summed E-state index contributed by atoms with van der Waals surface area (Å²) in [6, 6.07) is 6.18. The summed E-state index contributed by atoms with van der Waals surface area (Å²) in [4.78, 5) is 13.9. The average molecular weight is 265 g/mol. The van der Waals surface area contributed by atoms with Crippen LogP contribution in [0.4, 0.5) is 10.1 Å². The minimum Gasteiger partial charge on any atom is -0.322 e. The lowest BCUT2D eigenvalue weighted by Gasteiger charge is -2.12. The van der Waals surface area contributed by atoms with Gasteiger partial charge in [0.1, 0.15) is 5.82 Å². The number of hydrogen-bond donors (Lipinski definition) is 2. The van der Waals surface area contributed by atoms with Crippen LogP contribution in [0.1, 0.15) is 6.42 Å². The van der Waals surface area contributed by atoms with Crippen molar-refractivity contribution in [2.45, 2.75) is 6.42 Å². The third-order valence-electron chi connectivity index (χ3n) is 3.36. The van der Waals surface area contributed by atoms with Gasteiger partial charge in [-0.1, -0.05) is 12.1 Å². The molecule has 5 heteroatoms.